The van der Waals surface area contributed by atoms with Crippen molar-refractivity contribution in [1.29, 1.82) is 0 Å². The van der Waals surface area contributed by atoms with Gasteiger partial charge in [-0.25, -0.2) is 0 Å². The first-order valence-corrected chi connectivity index (χ1v) is 6.67. The fourth-order valence-corrected chi connectivity index (χ4v) is 2.22. The van der Waals surface area contributed by atoms with Crippen molar-refractivity contribution < 1.29 is 14.8 Å². The van der Waals surface area contributed by atoms with Crippen LogP contribution in [0.15, 0.2) is 42.5 Å². The Labute approximate surface area is 135 Å². The Balaban J connectivity index is 2.34. The minimum absolute atomic E-state index is 0.0842. The van der Waals surface area contributed by atoms with Crippen molar-refractivity contribution in [3.63, 3.8) is 0 Å². The van der Waals surface area contributed by atoms with E-state index in [0.29, 0.717) is 5.56 Å². The summed E-state index contributed by atoms with van der Waals surface area (Å²) >= 11 is 0. The van der Waals surface area contributed by atoms with E-state index in [1.165, 1.54) is 35.2 Å². The van der Waals surface area contributed by atoms with Gasteiger partial charge in [-0.3, -0.25) is 30.3 Å². The zero-order valence-electron chi connectivity index (χ0n) is 12.5. The monoisotopic (exact) mass is 332 g/mol. The Morgan fingerprint density at radius 1 is 0.875 bits per heavy atom. The van der Waals surface area contributed by atoms with Gasteiger partial charge in [-0.05, 0) is 11.6 Å². The number of benzene rings is 2. The van der Waals surface area contributed by atoms with E-state index in [-0.39, 0.29) is 23.6 Å². The smallest absolute Gasteiger partial charge is 0.299 e. The summed E-state index contributed by atoms with van der Waals surface area (Å²) in [5.41, 5.74) is -0.109. The molecule has 2 aromatic carbocycles. The molecule has 10 heteroatoms. The van der Waals surface area contributed by atoms with Crippen molar-refractivity contribution in [2.75, 3.05) is 11.9 Å². The number of rotatable bonds is 6. The van der Waals surface area contributed by atoms with Crippen LogP contribution in [0.1, 0.15) is 5.56 Å². The molecule has 0 heterocycles. The lowest BCUT2D eigenvalue weighted by atomic mass is 10.1. The molecular formula is C14H12N4O6. The van der Waals surface area contributed by atoms with Gasteiger partial charge in [-0.1, -0.05) is 12.1 Å². The lowest BCUT2D eigenvalue weighted by Crippen LogP contribution is -2.17. The third-order valence-corrected chi connectivity index (χ3v) is 3.32. The molecule has 2 rings (SSSR count). The van der Waals surface area contributed by atoms with E-state index >= 15 is 0 Å². The standard InChI is InChI=1S/C14H12N4O6/c1-15(9-10-3-2-4-11(7-10)16(19)20)13-6-5-12(17(21)22)8-14(13)18(23)24/h2-8H,9H2,1H3. The summed E-state index contributed by atoms with van der Waals surface area (Å²) in [4.78, 5) is 32.3. The van der Waals surface area contributed by atoms with Gasteiger partial charge in [-0.15, -0.1) is 0 Å². The fraction of sp³-hybridized carbons (Fsp3) is 0.143. The second kappa shape index (κ2) is 6.69. The van der Waals surface area contributed by atoms with Gasteiger partial charge in [0.2, 0.25) is 0 Å². The zero-order chi connectivity index (χ0) is 17.9. The summed E-state index contributed by atoms with van der Waals surface area (Å²) in [5.74, 6) is 0. The highest BCUT2D eigenvalue weighted by molar-refractivity contribution is 5.66. The average molecular weight is 332 g/mol. The van der Waals surface area contributed by atoms with Gasteiger partial charge in [0, 0.05) is 31.8 Å². The largest absolute Gasteiger partial charge is 0.365 e. The summed E-state index contributed by atoms with van der Waals surface area (Å²) in [6, 6.07) is 9.23. The Kier molecular flexibility index (Phi) is 4.68. The Hall–Kier alpha value is -3.56. The number of hydrogen-bond acceptors (Lipinski definition) is 7. The Bertz CT molecular complexity index is 823. The maximum Gasteiger partial charge on any atom is 0.299 e. The summed E-state index contributed by atoms with van der Waals surface area (Å²) in [6.45, 7) is 0.167. The van der Waals surface area contributed by atoms with E-state index < -0.39 is 20.5 Å². The van der Waals surface area contributed by atoms with Crippen LogP contribution in [0.3, 0.4) is 0 Å². The highest BCUT2D eigenvalue weighted by Gasteiger charge is 2.22. The summed E-state index contributed by atoms with van der Waals surface area (Å²) < 4.78 is 0. The van der Waals surface area contributed by atoms with Crippen LogP contribution in [0, 0.1) is 30.3 Å². The van der Waals surface area contributed by atoms with Crippen LogP contribution >= 0.6 is 0 Å². The van der Waals surface area contributed by atoms with Gasteiger partial charge < -0.3 is 4.90 Å². The van der Waals surface area contributed by atoms with Crippen molar-refractivity contribution in [2.45, 2.75) is 6.54 Å². The topological polar surface area (TPSA) is 133 Å². The minimum atomic E-state index is -0.711. The van der Waals surface area contributed by atoms with Crippen molar-refractivity contribution in [1.82, 2.24) is 0 Å². The lowest BCUT2D eigenvalue weighted by molar-refractivity contribution is -0.393. The van der Waals surface area contributed by atoms with Crippen LogP contribution < -0.4 is 4.90 Å². The van der Waals surface area contributed by atoms with Crippen LogP contribution in [0.2, 0.25) is 0 Å². The molecule has 0 aromatic heterocycles. The zero-order valence-corrected chi connectivity index (χ0v) is 12.5. The van der Waals surface area contributed by atoms with Gasteiger partial charge in [-0.2, -0.15) is 0 Å². The maximum atomic E-state index is 11.2. The van der Waals surface area contributed by atoms with Gasteiger partial charge in [0.05, 0.1) is 20.8 Å². The number of non-ortho nitro benzene ring substituents is 2. The Morgan fingerprint density at radius 2 is 1.50 bits per heavy atom. The number of anilines is 1. The summed E-state index contributed by atoms with van der Waals surface area (Å²) in [6.07, 6.45) is 0. The molecule has 0 fully saturated rings. The van der Waals surface area contributed by atoms with E-state index in [4.69, 9.17) is 0 Å². The third kappa shape index (κ3) is 3.61. The van der Waals surface area contributed by atoms with Crippen LogP contribution in [0.25, 0.3) is 0 Å². The molecule has 0 aliphatic carbocycles. The predicted molar refractivity (Wildman–Crippen MR) is 85.0 cm³/mol. The molecule has 0 spiro atoms. The van der Waals surface area contributed by atoms with E-state index in [0.717, 1.165) is 6.07 Å². The molecule has 0 unspecified atom stereocenters. The molecule has 0 saturated carbocycles. The first kappa shape index (κ1) is 16.8. The molecule has 0 saturated heterocycles. The highest BCUT2D eigenvalue weighted by Crippen LogP contribution is 2.32. The normalized spacial score (nSPS) is 10.2. The first-order chi connectivity index (χ1) is 11.3. The maximum absolute atomic E-state index is 11.2. The molecule has 0 amide bonds. The number of nitro benzene ring substituents is 3. The molecule has 0 aliphatic rings. The average Bonchev–Trinajstić information content (AvgIpc) is 2.54. The first-order valence-electron chi connectivity index (χ1n) is 6.67. The number of hydrogen-bond donors (Lipinski definition) is 0. The molecule has 0 aliphatic heterocycles. The quantitative estimate of drug-likeness (QED) is 0.586. The number of nitro groups is 3. The summed E-state index contributed by atoms with van der Waals surface area (Å²) in [5, 5.41) is 32.7. The minimum Gasteiger partial charge on any atom is -0.365 e. The highest BCUT2D eigenvalue weighted by atomic mass is 16.6. The van der Waals surface area contributed by atoms with Crippen LogP contribution in [0.5, 0.6) is 0 Å². The molecule has 0 atom stereocenters. The molecule has 10 nitrogen and oxygen atoms in total. The van der Waals surface area contributed by atoms with E-state index in [1.807, 2.05) is 0 Å². The van der Waals surface area contributed by atoms with E-state index in [2.05, 4.69) is 0 Å². The van der Waals surface area contributed by atoms with Gasteiger partial charge in [0.1, 0.15) is 5.69 Å². The van der Waals surface area contributed by atoms with Crippen LogP contribution in [0.4, 0.5) is 22.7 Å². The predicted octanol–water partition coefficient (Wildman–Crippen LogP) is 3.05. The van der Waals surface area contributed by atoms with E-state index in [9.17, 15) is 30.3 Å². The fourth-order valence-electron chi connectivity index (χ4n) is 2.22. The lowest BCUT2D eigenvalue weighted by Gasteiger charge is -2.19. The van der Waals surface area contributed by atoms with Crippen molar-refractivity contribution in [3.8, 4) is 0 Å². The van der Waals surface area contributed by atoms with E-state index in [1.54, 1.807) is 13.1 Å². The van der Waals surface area contributed by atoms with Crippen LogP contribution in [-0.2, 0) is 6.54 Å². The second-order valence-corrected chi connectivity index (χ2v) is 4.97. The molecule has 2 aromatic rings. The third-order valence-electron chi connectivity index (χ3n) is 3.32. The molecule has 24 heavy (non-hydrogen) atoms. The van der Waals surface area contributed by atoms with Gasteiger partial charge >= 0.3 is 0 Å². The van der Waals surface area contributed by atoms with Crippen LogP contribution in [-0.4, -0.2) is 21.8 Å². The molecule has 124 valence electrons. The molecule has 0 N–H and O–H groups in total. The second-order valence-electron chi connectivity index (χ2n) is 4.97. The number of nitrogens with zero attached hydrogens (tertiary/aromatic N) is 4. The van der Waals surface area contributed by atoms with Gasteiger partial charge in [0.15, 0.2) is 0 Å². The molecule has 0 radical (unpaired) electrons. The Morgan fingerprint density at radius 3 is 2.08 bits per heavy atom. The van der Waals surface area contributed by atoms with Crippen molar-refractivity contribution in [3.05, 3.63) is 78.4 Å². The van der Waals surface area contributed by atoms with Gasteiger partial charge in [0.25, 0.3) is 17.1 Å². The van der Waals surface area contributed by atoms with Crippen molar-refractivity contribution >= 4 is 22.7 Å². The molecular weight excluding hydrogens is 320 g/mol. The summed E-state index contributed by atoms with van der Waals surface area (Å²) in [7, 11) is 1.56. The molecule has 0 bridgehead atoms. The SMILES string of the molecule is CN(Cc1cccc([N+](=O)[O-])c1)c1ccc([N+](=O)[O-])cc1[N+](=O)[O-]. The van der Waals surface area contributed by atoms with Crippen molar-refractivity contribution in [2.24, 2.45) is 0 Å².